The number of alkyl halides is 13. The van der Waals surface area contributed by atoms with Crippen LogP contribution in [0.15, 0.2) is 59.9 Å². The van der Waals surface area contributed by atoms with Crippen molar-refractivity contribution >= 4 is 29.2 Å². The molecule has 6 unspecified atom stereocenters. The van der Waals surface area contributed by atoms with E-state index in [0.29, 0.717) is 77.2 Å². The first-order chi connectivity index (χ1) is 44.0. The topological polar surface area (TPSA) is 234 Å². The smallest absolute Gasteiger partial charge is 0.402 e. The Balaban J connectivity index is 0.000000135. The SMILES string of the molecule is CC(C)n1nc(-c2cnc(N)c(SC(F)(F)F)c2)cc1C1[C@H]2CC(N3CCOCC3)C[C@@H]12.Nc1ncc(-c2cc(C3[C@H]4CC(N5CCOCC5)C[C@@H]34)n(CC(F)F)n2)cc1OC(F)(F)F.Nc1ncc(-c2cc(C3[C@H]4CC(O)C[C@@H]34)n(CC(F)F)n2)cc1OC(F)(F)F. The van der Waals surface area contributed by atoms with Crippen molar-refractivity contribution in [3.8, 4) is 45.3 Å². The van der Waals surface area contributed by atoms with E-state index < -0.39 is 67.3 Å². The van der Waals surface area contributed by atoms with Crippen LogP contribution in [0, 0.1) is 35.5 Å². The lowest BCUT2D eigenvalue weighted by Crippen LogP contribution is -2.43. The van der Waals surface area contributed by atoms with Crippen molar-refractivity contribution in [2.45, 2.75) is 143 Å². The first-order valence-electron chi connectivity index (χ1n) is 30.7. The number of aliphatic hydroxyl groups excluding tert-OH is 1. The van der Waals surface area contributed by atoms with Crippen molar-refractivity contribution in [3.05, 3.63) is 72.1 Å². The largest absolute Gasteiger partial charge is 0.573 e. The molecular formula is C60H69F13N14O5S. The summed E-state index contributed by atoms with van der Waals surface area (Å²) in [5, 5.41) is 22.9. The van der Waals surface area contributed by atoms with Gasteiger partial charge in [-0.2, -0.15) is 28.5 Å². The predicted octanol–water partition coefficient (Wildman–Crippen LogP) is 11.2. The van der Waals surface area contributed by atoms with Crippen molar-refractivity contribution in [3.63, 3.8) is 0 Å². The van der Waals surface area contributed by atoms with E-state index in [0.717, 1.165) is 77.6 Å². The second kappa shape index (κ2) is 26.1. The summed E-state index contributed by atoms with van der Waals surface area (Å²) in [6.07, 6.45) is -5.89. The third-order valence-corrected chi connectivity index (χ3v) is 19.9. The number of anilines is 3. The first kappa shape index (κ1) is 66.3. The Labute approximate surface area is 528 Å². The molecule has 0 amide bonds. The minimum Gasteiger partial charge on any atom is -0.402 e. The van der Waals surface area contributed by atoms with Gasteiger partial charge in [0.05, 0.1) is 54.5 Å². The van der Waals surface area contributed by atoms with Crippen molar-refractivity contribution in [1.82, 2.24) is 54.1 Å². The van der Waals surface area contributed by atoms with Gasteiger partial charge in [0.25, 0.3) is 12.9 Å². The standard InChI is InChI=1S/C22H28F3N5OS.C21H24F5N5O2.C17H17F5N4O2/c1-12(2)30-18(20-15-8-14(9-16(15)20)29-3-5-31-6-4-29)10-17(28-30)13-7-19(21(26)27-11-13)32-22(23,24)25;22-18(23)10-31-16(19-13-6-12(7-14(13)19)30-1-3-32-4-2-30)8-15(29-31)11-5-17(20(27)28-9-11)33-21(24,25)26;18-14(19)6-26-12(15-9-2-8(27)3-10(9)15)4-11(25-26)7-1-13(16(23)24-5-7)28-17(20,21)22/h7,10-12,14-16,20H,3-6,8-9H2,1-2H3,(H2,26,27);5,8-9,12-14,18-19H,1-4,6-7,10H2,(H2,27,28);1,4-5,8-10,14-15,27H,2-3,6H2,(H2,23,24)/t14?,15-,16+,20?;12?,13-,14+,19?;8?,9-,10+,15?. The molecule has 8 fully saturated rings. The maximum atomic E-state index is 13.2. The van der Waals surface area contributed by atoms with Gasteiger partial charge in [0.2, 0.25) is 0 Å². The van der Waals surface area contributed by atoms with Crippen LogP contribution in [0.2, 0.25) is 0 Å². The number of ether oxygens (including phenoxy) is 4. The lowest BCUT2D eigenvalue weighted by Gasteiger charge is -2.33. The number of rotatable bonds is 16. The van der Waals surface area contributed by atoms with Crippen LogP contribution >= 0.6 is 11.8 Å². The van der Waals surface area contributed by atoms with E-state index in [-0.39, 0.29) is 80.8 Å². The second-order valence-electron chi connectivity index (χ2n) is 25.2. The number of pyridine rings is 3. The molecule has 7 N–H and O–H groups in total. The molecule has 6 saturated carbocycles. The maximum Gasteiger partial charge on any atom is 0.573 e. The quantitative estimate of drug-likeness (QED) is 0.0521. The molecule has 6 aromatic rings. The molecule has 506 valence electrons. The lowest BCUT2D eigenvalue weighted by atomic mass is 10.0. The highest BCUT2D eigenvalue weighted by Crippen LogP contribution is 2.66. The molecule has 33 heteroatoms. The molecule has 0 bridgehead atoms. The van der Waals surface area contributed by atoms with E-state index in [4.69, 9.17) is 31.8 Å². The van der Waals surface area contributed by atoms with E-state index >= 15 is 0 Å². The Morgan fingerprint density at radius 2 is 0.892 bits per heavy atom. The molecule has 6 aromatic heterocycles. The van der Waals surface area contributed by atoms with Crippen LogP contribution in [-0.4, -0.2) is 161 Å². The van der Waals surface area contributed by atoms with Crippen LogP contribution in [-0.2, 0) is 22.6 Å². The van der Waals surface area contributed by atoms with Crippen molar-refractivity contribution < 1.29 is 81.1 Å². The minimum atomic E-state index is -4.94. The number of hydrogen-bond donors (Lipinski definition) is 4. The van der Waals surface area contributed by atoms with Gasteiger partial charge in [-0.1, -0.05) is 0 Å². The van der Waals surface area contributed by atoms with E-state index in [1.54, 1.807) is 12.1 Å². The number of aliphatic hydroxyl groups is 1. The van der Waals surface area contributed by atoms with Gasteiger partial charge in [-0.05, 0) is 136 Å². The number of thioether (sulfide) groups is 1. The zero-order valence-electron chi connectivity index (χ0n) is 50.2. The summed E-state index contributed by atoms with van der Waals surface area (Å²) in [7, 11) is 0. The van der Waals surface area contributed by atoms with Crippen molar-refractivity contribution in [2.24, 2.45) is 35.5 Å². The Kier molecular flexibility index (Phi) is 18.7. The number of hydrogen-bond acceptors (Lipinski definition) is 17. The molecular weight excluding hydrogens is 1280 g/mol. The Hall–Kier alpha value is -6.68. The van der Waals surface area contributed by atoms with Crippen LogP contribution in [0.3, 0.4) is 0 Å². The highest BCUT2D eigenvalue weighted by atomic mass is 32.2. The van der Waals surface area contributed by atoms with Gasteiger partial charge >= 0.3 is 18.2 Å². The summed E-state index contributed by atoms with van der Waals surface area (Å²) < 4.78 is 190. The molecule has 2 saturated heterocycles. The van der Waals surface area contributed by atoms with Gasteiger partial charge in [-0.3, -0.25) is 23.8 Å². The van der Waals surface area contributed by atoms with E-state index in [1.807, 2.05) is 10.7 Å². The number of morpholine rings is 2. The number of fused-ring (bicyclic) bond motifs is 3. The molecule has 2 aliphatic heterocycles. The van der Waals surface area contributed by atoms with Gasteiger partial charge in [-0.25, -0.2) is 32.5 Å². The summed E-state index contributed by atoms with van der Waals surface area (Å²) >= 11 is -0.236. The predicted molar refractivity (Wildman–Crippen MR) is 313 cm³/mol. The highest BCUT2D eigenvalue weighted by Gasteiger charge is 2.61. The number of nitrogens with two attached hydrogens (primary N) is 3. The zero-order valence-corrected chi connectivity index (χ0v) is 51.0. The monoisotopic (exact) mass is 1340 g/mol. The Morgan fingerprint density at radius 1 is 0.527 bits per heavy atom. The lowest BCUT2D eigenvalue weighted by molar-refractivity contribution is -0.275. The molecule has 8 heterocycles. The van der Waals surface area contributed by atoms with Gasteiger partial charge in [0.1, 0.15) is 18.9 Å². The fourth-order valence-electron chi connectivity index (χ4n) is 15.1. The summed E-state index contributed by atoms with van der Waals surface area (Å²) in [6, 6.07) is 10.2. The average molecular weight is 1350 g/mol. The van der Waals surface area contributed by atoms with E-state index in [2.05, 4.69) is 58.3 Å². The zero-order chi connectivity index (χ0) is 66.2. The van der Waals surface area contributed by atoms with Crippen LogP contribution in [0.25, 0.3) is 33.8 Å². The number of nitrogens with zero attached hydrogens (tertiary/aromatic N) is 11. The average Bonchev–Trinajstić information content (AvgIpc) is 1.58. The molecule has 93 heavy (non-hydrogen) atoms. The Bertz CT molecular complexity index is 3580. The third-order valence-electron chi connectivity index (χ3n) is 19.1. The fraction of sp³-hybridized carbons (Fsp3) is 0.600. The van der Waals surface area contributed by atoms with E-state index in [9.17, 15) is 62.2 Å². The number of aromatic nitrogens is 9. The van der Waals surface area contributed by atoms with Crippen LogP contribution < -0.4 is 26.7 Å². The summed E-state index contributed by atoms with van der Waals surface area (Å²) in [6.45, 7) is 9.94. The fourth-order valence-corrected chi connectivity index (χ4v) is 15.7. The number of nitrogen functional groups attached to an aromatic ring is 3. The third kappa shape index (κ3) is 15.2. The van der Waals surface area contributed by atoms with Gasteiger partial charge in [0.15, 0.2) is 23.1 Å². The number of halogens is 13. The Morgan fingerprint density at radius 3 is 1.28 bits per heavy atom. The van der Waals surface area contributed by atoms with Gasteiger partial charge in [-0.15, -0.1) is 26.3 Å². The van der Waals surface area contributed by atoms with Gasteiger partial charge < -0.3 is 41.3 Å². The van der Waals surface area contributed by atoms with Crippen molar-refractivity contribution in [1.29, 1.82) is 0 Å². The van der Waals surface area contributed by atoms with Crippen LogP contribution in [0.5, 0.6) is 11.5 Å². The molecule has 14 rings (SSSR count). The first-order valence-corrected chi connectivity index (χ1v) is 31.5. The molecule has 0 aromatic carbocycles. The summed E-state index contributed by atoms with van der Waals surface area (Å²) in [4.78, 5) is 16.4. The maximum absolute atomic E-state index is 13.2. The van der Waals surface area contributed by atoms with Gasteiger partial charge in [0, 0.05) is 114 Å². The summed E-state index contributed by atoms with van der Waals surface area (Å²) in [5.74, 6) is 0.820. The summed E-state index contributed by atoms with van der Waals surface area (Å²) in [5.41, 5.74) is 16.7. The molecule has 0 radical (unpaired) electrons. The van der Waals surface area contributed by atoms with Crippen LogP contribution in [0.1, 0.15) is 93.2 Å². The molecule has 19 nitrogen and oxygen atoms in total. The molecule has 12 atom stereocenters. The van der Waals surface area contributed by atoms with Crippen LogP contribution in [0.4, 0.5) is 74.5 Å². The minimum absolute atomic E-state index is 0.0102. The molecule has 0 spiro atoms. The second-order valence-corrected chi connectivity index (χ2v) is 26.4. The normalized spacial score (nSPS) is 27.6. The molecule has 6 aliphatic carbocycles. The highest BCUT2D eigenvalue weighted by molar-refractivity contribution is 8.00. The van der Waals surface area contributed by atoms with Crippen molar-refractivity contribution in [2.75, 3.05) is 69.8 Å². The molecule has 8 aliphatic rings. The van der Waals surface area contributed by atoms with E-state index in [1.165, 1.54) is 52.6 Å².